The minimum absolute atomic E-state index is 0.171. The fraction of sp³-hybridized carbons (Fsp3) is 0.308. The quantitative estimate of drug-likeness (QED) is 0.881. The first-order chi connectivity index (χ1) is 9.20. The second kappa shape index (κ2) is 6.29. The first-order valence-electron chi connectivity index (χ1n) is 6.12. The van der Waals surface area contributed by atoms with Crippen LogP contribution in [0.15, 0.2) is 23.8 Å². The van der Waals surface area contributed by atoms with Crippen LogP contribution < -0.4 is 10.6 Å². The molecule has 0 aliphatic rings. The number of hydrogen-bond donors (Lipinski definition) is 2. The van der Waals surface area contributed by atoms with Crippen LogP contribution in [0.2, 0.25) is 0 Å². The fourth-order valence-corrected chi connectivity index (χ4v) is 2.25. The first-order valence-corrected chi connectivity index (χ1v) is 7.00. The van der Waals surface area contributed by atoms with Gasteiger partial charge in [0, 0.05) is 18.1 Å². The Labute approximate surface area is 116 Å². The summed E-state index contributed by atoms with van der Waals surface area (Å²) in [5, 5.41) is 8.50. The predicted octanol–water partition coefficient (Wildman–Crippen LogP) is 2.92. The van der Waals surface area contributed by atoms with Crippen molar-refractivity contribution >= 4 is 28.1 Å². The number of pyridine rings is 1. The van der Waals surface area contributed by atoms with E-state index in [0.717, 1.165) is 24.3 Å². The lowest BCUT2D eigenvalue weighted by molar-refractivity contribution is 0.102. The Balaban J connectivity index is 2.14. The third kappa shape index (κ3) is 3.51. The molecule has 6 heteroatoms. The van der Waals surface area contributed by atoms with Crippen molar-refractivity contribution in [1.29, 1.82) is 0 Å². The van der Waals surface area contributed by atoms with E-state index in [-0.39, 0.29) is 5.91 Å². The molecule has 0 radical (unpaired) electrons. The van der Waals surface area contributed by atoms with E-state index in [1.807, 2.05) is 12.3 Å². The van der Waals surface area contributed by atoms with Crippen LogP contribution in [0.25, 0.3) is 0 Å². The van der Waals surface area contributed by atoms with Crippen molar-refractivity contribution in [2.24, 2.45) is 0 Å². The minimum atomic E-state index is -0.171. The van der Waals surface area contributed by atoms with Crippen LogP contribution in [0.4, 0.5) is 10.8 Å². The molecule has 2 aromatic heterocycles. The molecule has 0 spiro atoms. The first kappa shape index (κ1) is 13.5. The largest absolute Gasteiger partial charge is 0.383 e. The maximum atomic E-state index is 12.2. The molecular formula is C13H16N4OS. The van der Waals surface area contributed by atoms with Crippen molar-refractivity contribution in [3.63, 3.8) is 0 Å². The molecule has 0 bridgehead atoms. The molecule has 2 heterocycles. The molecule has 5 nitrogen and oxygen atoms in total. The number of rotatable bonds is 5. The van der Waals surface area contributed by atoms with Crippen molar-refractivity contribution < 1.29 is 4.79 Å². The van der Waals surface area contributed by atoms with Crippen molar-refractivity contribution in [2.75, 3.05) is 17.2 Å². The van der Waals surface area contributed by atoms with Crippen LogP contribution in [0.5, 0.6) is 0 Å². The van der Waals surface area contributed by atoms with E-state index < -0.39 is 0 Å². The maximum Gasteiger partial charge on any atom is 0.259 e. The van der Waals surface area contributed by atoms with Crippen LogP contribution in [-0.2, 0) is 0 Å². The summed E-state index contributed by atoms with van der Waals surface area (Å²) in [5.41, 5.74) is 2.23. The number of hydrogen-bond acceptors (Lipinski definition) is 5. The van der Waals surface area contributed by atoms with Crippen molar-refractivity contribution in [2.45, 2.75) is 20.3 Å². The van der Waals surface area contributed by atoms with Gasteiger partial charge in [-0.3, -0.25) is 15.1 Å². The normalized spacial score (nSPS) is 10.2. The molecule has 2 aromatic rings. The number of nitrogens with zero attached hydrogens (tertiary/aromatic N) is 2. The Kier molecular flexibility index (Phi) is 4.46. The summed E-state index contributed by atoms with van der Waals surface area (Å²) >= 11 is 1.42. The van der Waals surface area contributed by atoms with Gasteiger partial charge >= 0.3 is 0 Å². The smallest absolute Gasteiger partial charge is 0.259 e. The zero-order chi connectivity index (χ0) is 13.7. The number of carbonyl (C=O) groups is 1. The van der Waals surface area contributed by atoms with Gasteiger partial charge in [-0.2, -0.15) is 0 Å². The lowest BCUT2D eigenvalue weighted by Crippen LogP contribution is -2.15. The average Bonchev–Trinajstić information content (AvgIpc) is 2.82. The number of aryl methyl sites for hydroxylation is 1. The Morgan fingerprint density at radius 2 is 2.32 bits per heavy atom. The Hall–Kier alpha value is -1.95. The number of nitrogens with one attached hydrogen (secondary N) is 2. The molecule has 0 fully saturated rings. The van der Waals surface area contributed by atoms with Crippen molar-refractivity contribution in [3.8, 4) is 0 Å². The van der Waals surface area contributed by atoms with Crippen LogP contribution >= 0.6 is 11.3 Å². The molecule has 0 aromatic carbocycles. The molecule has 2 N–H and O–H groups in total. The molecule has 0 aliphatic heterocycles. The van der Waals surface area contributed by atoms with Crippen molar-refractivity contribution in [1.82, 2.24) is 9.97 Å². The van der Waals surface area contributed by atoms with Gasteiger partial charge in [-0.05, 0) is 19.4 Å². The van der Waals surface area contributed by atoms with Crippen LogP contribution in [0, 0.1) is 6.92 Å². The second-order valence-electron chi connectivity index (χ2n) is 4.10. The SMILES string of the molecule is CCCNc1cnccc1C(=O)Nc1nc(C)cs1. The Morgan fingerprint density at radius 3 is 3.00 bits per heavy atom. The number of aromatic nitrogens is 2. The molecule has 0 atom stereocenters. The van der Waals surface area contributed by atoms with E-state index >= 15 is 0 Å². The fourth-order valence-electron chi connectivity index (χ4n) is 1.57. The highest BCUT2D eigenvalue weighted by molar-refractivity contribution is 7.13. The Morgan fingerprint density at radius 1 is 1.47 bits per heavy atom. The maximum absolute atomic E-state index is 12.2. The minimum Gasteiger partial charge on any atom is -0.383 e. The third-order valence-electron chi connectivity index (χ3n) is 2.47. The molecule has 100 valence electrons. The summed E-state index contributed by atoms with van der Waals surface area (Å²) < 4.78 is 0. The number of carbonyl (C=O) groups excluding carboxylic acids is 1. The van der Waals surface area contributed by atoms with Gasteiger partial charge in [0.1, 0.15) is 0 Å². The van der Waals surface area contributed by atoms with Crippen molar-refractivity contribution in [3.05, 3.63) is 35.1 Å². The summed E-state index contributed by atoms with van der Waals surface area (Å²) in [7, 11) is 0. The molecule has 1 amide bonds. The van der Waals surface area contributed by atoms with Gasteiger partial charge in [0.05, 0.1) is 23.1 Å². The predicted molar refractivity (Wildman–Crippen MR) is 77.8 cm³/mol. The van der Waals surface area contributed by atoms with Gasteiger partial charge < -0.3 is 5.32 Å². The monoisotopic (exact) mass is 276 g/mol. The number of amides is 1. The summed E-state index contributed by atoms with van der Waals surface area (Å²) in [6.07, 6.45) is 4.26. The zero-order valence-corrected chi connectivity index (χ0v) is 11.8. The molecule has 0 unspecified atom stereocenters. The summed E-state index contributed by atoms with van der Waals surface area (Å²) in [6.45, 7) is 4.77. The highest BCUT2D eigenvalue weighted by atomic mass is 32.1. The summed E-state index contributed by atoms with van der Waals surface area (Å²) in [4.78, 5) is 20.4. The summed E-state index contributed by atoms with van der Waals surface area (Å²) in [5.74, 6) is -0.171. The van der Waals surface area contributed by atoms with Crippen LogP contribution in [0.1, 0.15) is 29.4 Å². The highest BCUT2D eigenvalue weighted by Gasteiger charge is 2.12. The van der Waals surface area contributed by atoms with Crippen LogP contribution in [0.3, 0.4) is 0 Å². The van der Waals surface area contributed by atoms with Gasteiger partial charge in [0.15, 0.2) is 5.13 Å². The number of anilines is 2. The standard InChI is InChI=1S/C13H16N4OS/c1-3-5-15-11-7-14-6-4-10(11)12(18)17-13-16-9(2)8-19-13/h4,6-8,15H,3,5H2,1-2H3,(H,16,17,18). The van der Waals surface area contributed by atoms with Gasteiger partial charge in [-0.1, -0.05) is 6.92 Å². The molecule has 19 heavy (non-hydrogen) atoms. The number of thiazole rings is 1. The Bertz CT molecular complexity index is 567. The third-order valence-corrected chi connectivity index (χ3v) is 3.35. The van der Waals surface area contributed by atoms with E-state index in [9.17, 15) is 4.79 Å². The van der Waals surface area contributed by atoms with Gasteiger partial charge in [-0.25, -0.2) is 4.98 Å². The highest BCUT2D eigenvalue weighted by Crippen LogP contribution is 2.18. The molecule has 2 rings (SSSR count). The zero-order valence-electron chi connectivity index (χ0n) is 10.9. The lowest BCUT2D eigenvalue weighted by atomic mass is 10.2. The molecule has 0 aliphatic carbocycles. The van der Waals surface area contributed by atoms with Gasteiger partial charge in [-0.15, -0.1) is 11.3 Å². The molecular weight excluding hydrogens is 260 g/mol. The van der Waals surface area contributed by atoms with E-state index in [0.29, 0.717) is 10.7 Å². The van der Waals surface area contributed by atoms with Gasteiger partial charge in [0.2, 0.25) is 0 Å². The van der Waals surface area contributed by atoms with E-state index in [1.165, 1.54) is 11.3 Å². The molecule has 0 saturated carbocycles. The van der Waals surface area contributed by atoms with E-state index in [4.69, 9.17) is 0 Å². The van der Waals surface area contributed by atoms with Gasteiger partial charge in [0.25, 0.3) is 5.91 Å². The van der Waals surface area contributed by atoms with E-state index in [2.05, 4.69) is 27.5 Å². The van der Waals surface area contributed by atoms with E-state index in [1.54, 1.807) is 18.5 Å². The lowest BCUT2D eigenvalue weighted by Gasteiger charge is -2.09. The summed E-state index contributed by atoms with van der Waals surface area (Å²) in [6, 6.07) is 1.70. The molecule has 0 saturated heterocycles. The second-order valence-corrected chi connectivity index (χ2v) is 4.95. The van der Waals surface area contributed by atoms with Crippen LogP contribution in [-0.4, -0.2) is 22.4 Å². The average molecular weight is 276 g/mol. The topological polar surface area (TPSA) is 66.9 Å².